The van der Waals surface area contributed by atoms with Gasteiger partial charge >= 0.3 is 0 Å². The molecular weight excluding hydrogens is 334 g/mol. The Morgan fingerprint density at radius 1 is 1.00 bits per heavy atom. The van der Waals surface area contributed by atoms with Crippen molar-refractivity contribution in [2.24, 2.45) is 0 Å². The van der Waals surface area contributed by atoms with Crippen LogP contribution in [-0.4, -0.2) is 24.0 Å². The largest absolute Gasteiger partial charge is 0.356 e. The standard InChI is InChI=1S/C23H25N3O/c1-16-10-11-17(2)21(14-16)25-23(27)20-15-24-22(26-12-6-3-7-13-26)19-9-5-4-8-18(19)20/h4-5,8-11,14-15H,3,6-7,12-13H2,1-2H3,(H,25,27). The molecule has 138 valence electrons. The summed E-state index contributed by atoms with van der Waals surface area (Å²) in [7, 11) is 0. The van der Waals surface area contributed by atoms with Crippen molar-refractivity contribution in [1.29, 1.82) is 0 Å². The van der Waals surface area contributed by atoms with Crippen LogP contribution in [0.2, 0.25) is 0 Å². The zero-order valence-electron chi connectivity index (χ0n) is 16.0. The first-order chi connectivity index (χ1) is 13.1. The number of hydrogen-bond acceptors (Lipinski definition) is 3. The van der Waals surface area contributed by atoms with Gasteiger partial charge in [-0.2, -0.15) is 0 Å². The minimum Gasteiger partial charge on any atom is -0.356 e. The van der Waals surface area contributed by atoms with Gasteiger partial charge in [0, 0.05) is 30.4 Å². The molecule has 0 atom stereocenters. The molecule has 2 heterocycles. The number of hydrogen-bond donors (Lipinski definition) is 1. The molecule has 0 radical (unpaired) electrons. The first-order valence-corrected chi connectivity index (χ1v) is 9.65. The van der Waals surface area contributed by atoms with Crippen LogP contribution in [0.5, 0.6) is 0 Å². The summed E-state index contributed by atoms with van der Waals surface area (Å²) in [5.74, 6) is 0.881. The van der Waals surface area contributed by atoms with Gasteiger partial charge in [-0.15, -0.1) is 0 Å². The Morgan fingerprint density at radius 3 is 2.52 bits per heavy atom. The van der Waals surface area contributed by atoms with Gasteiger partial charge in [0.15, 0.2) is 0 Å². The van der Waals surface area contributed by atoms with Crippen LogP contribution < -0.4 is 10.2 Å². The number of pyridine rings is 1. The van der Waals surface area contributed by atoms with E-state index in [9.17, 15) is 4.79 Å². The van der Waals surface area contributed by atoms with Crippen LogP contribution in [0.4, 0.5) is 11.5 Å². The van der Waals surface area contributed by atoms with Crippen molar-refractivity contribution in [2.75, 3.05) is 23.3 Å². The van der Waals surface area contributed by atoms with E-state index in [4.69, 9.17) is 4.98 Å². The average Bonchev–Trinajstić information content (AvgIpc) is 2.70. The second kappa shape index (κ2) is 7.39. The fourth-order valence-corrected chi connectivity index (χ4v) is 3.78. The second-order valence-corrected chi connectivity index (χ2v) is 7.36. The van der Waals surface area contributed by atoms with Crippen molar-refractivity contribution in [3.05, 3.63) is 65.4 Å². The number of amides is 1. The van der Waals surface area contributed by atoms with Gasteiger partial charge in [0.25, 0.3) is 5.91 Å². The van der Waals surface area contributed by atoms with E-state index < -0.39 is 0 Å². The highest BCUT2D eigenvalue weighted by atomic mass is 16.1. The van der Waals surface area contributed by atoms with Gasteiger partial charge < -0.3 is 10.2 Å². The Hall–Kier alpha value is -2.88. The summed E-state index contributed by atoms with van der Waals surface area (Å²) in [4.78, 5) is 20.1. The number of fused-ring (bicyclic) bond motifs is 1. The van der Waals surface area contributed by atoms with Gasteiger partial charge in [0.2, 0.25) is 0 Å². The Morgan fingerprint density at radius 2 is 1.74 bits per heavy atom. The summed E-state index contributed by atoms with van der Waals surface area (Å²) in [6.45, 7) is 6.10. The number of rotatable bonds is 3. The van der Waals surface area contributed by atoms with Gasteiger partial charge in [0.05, 0.1) is 5.56 Å². The minimum absolute atomic E-state index is 0.113. The summed E-state index contributed by atoms with van der Waals surface area (Å²) < 4.78 is 0. The Labute approximate surface area is 160 Å². The predicted octanol–water partition coefficient (Wildman–Crippen LogP) is 5.09. The van der Waals surface area contributed by atoms with Crippen molar-refractivity contribution in [1.82, 2.24) is 4.98 Å². The van der Waals surface area contributed by atoms with E-state index in [-0.39, 0.29) is 5.91 Å². The zero-order valence-corrected chi connectivity index (χ0v) is 16.0. The molecule has 0 bridgehead atoms. The van der Waals surface area contributed by atoms with Gasteiger partial charge in [0.1, 0.15) is 5.82 Å². The molecule has 1 N–H and O–H groups in total. The molecule has 0 aliphatic carbocycles. The second-order valence-electron chi connectivity index (χ2n) is 7.36. The van der Waals surface area contributed by atoms with E-state index in [1.54, 1.807) is 6.20 Å². The number of anilines is 2. The molecule has 1 saturated heterocycles. The minimum atomic E-state index is -0.113. The van der Waals surface area contributed by atoms with Crippen LogP contribution >= 0.6 is 0 Å². The van der Waals surface area contributed by atoms with Crippen LogP contribution in [0.25, 0.3) is 10.8 Å². The maximum absolute atomic E-state index is 13.0. The number of benzene rings is 2. The fraction of sp³-hybridized carbons (Fsp3) is 0.304. The van der Waals surface area contributed by atoms with Gasteiger partial charge in [-0.25, -0.2) is 4.98 Å². The van der Waals surface area contributed by atoms with Crippen molar-refractivity contribution in [2.45, 2.75) is 33.1 Å². The normalized spacial score (nSPS) is 14.4. The van der Waals surface area contributed by atoms with Crippen molar-refractivity contribution >= 4 is 28.2 Å². The molecule has 4 rings (SSSR count). The quantitative estimate of drug-likeness (QED) is 0.708. The molecule has 0 saturated carbocycles. The summed E-state index contributed by atoms with van der Waals surface area (Å²) in [6, 6.07) is 14.2. The summed E-state index contributed by atoms with van der Waals surface area (Å²) in [5, 5.41) is 5.07. The average molecular weight is 359 g/mol. The molecule has 4 heteroatoms. The number of aryl methyl sites for hydroxylation is 2. The Kier molecular flexibility index (Phi) is 4.80. The molecule has 4 nitrogen and oxygen atoms in total. The molecule has 1 fully saturated rings. The molecule has 1 aromatic heterocycles. The third-order valence-electron chi connectivity index (χ3n) is 5.32. The lowest BCUT2D eigenvalue weighted by molar-refractivity contribution is 0.102. The molecule has 0 unspecified atom stereocenters. The topological polar surface area (TPSA) is 45.2 Å². The summed E-state index contributed by atoms with van der Waals surface area (Å²) in [5.41, 5.74) is 3.65. The lowest BCUT2D eigenvalue weighted by Crippen LogP contribution is -2.30. The maximum atomic E-state index is 13.0. The number of nitrogens with zero attached hydrogens (tertiary/aromatic N) is 2. The lowest BCUT2D eigenvalue weighted by atomic mass is 10.0. The van der Waals surface area contributed by atoms with Crippen molar-refractivity contribution in [3.8, 4) is 0 Å². The molecule has 27 heavy (non-hydrogen) atoms. The summed E-state index contributed by atoms with van der Waals surface area (Å²) in [6.07, 6.45) is 5.41. The van der Waals surface area contributed by atoms with E-state index in [0.717, 1.165) is 46.5 Å². The maximum Gasteiger partial charge on any atom is 0.257 e. The van der Waals surface area contributed by atoms with Crippen LogP contribution in [0, 0.1) is 13.8 Å². The number of piperidine rings is 1. The third kappa shape index (κ3) is 3.52. The SMILES string of the molecule is Cc1ccc(C)c(NC(=O)c2cnc(N3CCCCC3)c3ccccc23)c1. The van der Waals surface area contributed by atoms with Crippen LogP contribution in [0.3, 0.4) is 0 Å². The third-order valence-corrected chi connectivity index (χ3v) is 5.32. The fourth-order valence-electron chi connectivity index (χ4n) is 3.78. The molecular formula is C23H25N3O. The number of nitrogens with one attached hydrogen (secondary N) is 1. The Bertz CT molecular complexity index is 990. The molecule has 1 aliphatic rings. The predicted molar refractivity (Wildman–Crippen MR) is 112 cm³/mol. The smallest absolute Gasteiger partial charge is 0.257 e. The van der Waals surface area contributed by atoms with E-state index in [1.807, 2.05) is 44.2 Å². The zero-order chi connectivity index (χ0) is 18.8. The van der Waals surface area contributed by atoms with E-state index in [0.29, 0.717) is 5.56 Å². The van der Waals surface area contributed by atoms with E-state index in [2.05, 4.69) is 22.3 Å². The highest BCUT2D eigenvalue weighted by Gasteiger charge is 2.19. The number of carbonyl (C=O) groups excluding carboxylic acids is 1. The highest BCUT2D eigenvalue weighted by Crippen LogP contribution is 2.29. The monoisotopic (exact) mass is 359 g/mol. The summed E-state index contributed by atoms with van der Waals surface area (Å²) >= 11 is 0. The molecule has 1 amide bonds. The number of carbonyl (C=O) groups is 1. The first kappa shape index (κ1) is 17.5. The van der Waals surface area contributed by atoms with Gasteiger partial charge in [-0.1, -0.05) is 36.4 Å². The first-order valence-electron chi connectivity index (χ1n) is 9.65. The van der Waals surface area contributed by atoms with E-state index in [1.165, 1.54) is 19.3 Å². The molecule has 3 aromatic rings. The van der Waals surface area contributed by atoms with Crippen LogP contribution in [0.1, 0.15) is 40.7 Å². The molecule has 0 spiro atoms. The lowest BCUT2D eigenvalue weighted by Gasteiger charge is -2.29. The van der Waals surface area contributed by atoms with Gasteiger partial charge in [-0.3, -0.25) is 4.79 Å². The molecule has 2 aromatic carbocycles. The highest BCUT2D eigenvalue weighted by molar-refractivity contribution is 6.14. The van der Waals surface area contributed by atoms with Gasteiger partial charge in [-0.05, 0) is 55.7 Å². The molecule has 1 aliphatic heterocycles. The van der Waals surface area contributed by atoms with Crippen LogP contribution in [-0.2, 0) is 0 Å². The van der Waals surface area contributed by atoms with Crippen molar-refractivity contribution in [3.63, 3.8) is 0 Å². The van der Waals surface area contributed by atoms with E-state index >= 15 is 0 Å². The van der Waals surface area contributed by atoms with Crippen molar-refractivity contribution < 1.29 is 4.79 Å². The van der Waals surface area contributed by atoms with Crippen LogP contribution in [0.15, 0.2) is 48.7 Å². The Balaban J connectivity index is 1.72. The number of aromatic nitrogens is 1.